The van der Waals surface area contributed by atoms with E-state index >= 15 is 0 Å². The molecule has 0 unspecified atom stereocenters. The van der Waals surface area contributed by atoms with E-state index in [1.807, 2.05) is 0 Å². The van der Waals surface area contributed by atoms with E-state index in [4.69, 9.17) is 0 Å². The van der Waals surface area contributed by atoms with Crippen molar-refractivity contribution in [2.24, 2.45) is 0 Å². The van der Waals surface area contributed by atoms with E-state index < -0.39 is 11.7 Å². The van der Waals surface area contributed by atoms with E-state index in [0.717, 1.165) is 6.07 Å². The second-order valence-corrected chi connectivity index (χ2v) is 3.84. The van der Waals surface area contributed by atoms with Crippen LogP contribution >= 0.6 is 15.9 Å². The molecular weight excluding hydrogens is 279 g/mol. The van der Waals surface area contributed by atoms with Crippen LogP contribution in [0, 0.1) is 5.82 Å². The van der Waals surface area contributed by atoms with Gasteiger partial charge in [0.25, 0.3) is 5.91 Å². The fourth-order valence-electron chi connectivity index (χ4n) is 0.988. The number of amides is 2. The molecule has 0 atom stereocenters. The Labute approximate surface area is 100 Å². The minimum absolute atomic E-state index is 0.132. The SMILES string of the molecule is CNC(=O)CNC(=O)c1ccc(Br)c(F)c1. The molecule has 16 heavy (non-hydrogen) atoms. The van der Waals surface area contributed by atoms with E-state index in [1.54, 1.807) is 0 Å². The molecule has 0 bridgehead atoms. The van der Waals surface area contributed by atoms with Gasteiger partial charge in [0.05, 0.1) is 11.0 Å². The van der Waals surface area contributed by atoms with Crippen LogP contribution in [-0.2, 0) is 4.79 Å². The van der Waals surface area contributed by atoms with E-state index in [0.29, 0.717) is 0 Å². The summed E-state index contributed by atoms with van der Waals surface area (Å²) in [5.41, 5.74) is 0.171. The van der Waals surface area contributed by atoms with Crippen LogP contribution in [-0.4, -0.2) is 25.4 Å². The molecule has 2 N–H and O–H groups in total. The topological polar surface area (TPSA) is 58.2 Å². The number of benzene rings is 1. The molecule has 0 spiro atoms. The minimum atomic E-state index is -0.521. The average molecular weight is 289 g/mol. The zero-order valence-electron chi connectivity index (χ0n) is 8.51. The van der Waals surface area contributed by atoms with Crippen LogP contribution in [0.3, 0.4) is 0 Å². The fraction of sp³-hybridized carbons (Fsp3) is 0.200. The summed E-state index contributed by atoms with van der Waals surface area (Å²) in [5.74, 6) is -1.33. The molecule has 1 aromatic rings. The lowest BCUT2D eigenvalue weighted by Gasteiger charge is -2.04. The van der Waals surface area contributed by atoms with Gasteiger partial charge in [-0.3, -0.25) is 9.59 Å². The van der Waals surface area contributed by atoms with Crippen molar-refractivity contribution < 1.29 is 14.0 Å². The molecule has 2 amide bonds. The number of hydrogen-bond donors (Lipinski definition) is 2. The number of carbonyl (C=O) groups is 2. The molecule has 0 aromatic heterocycles. The van der Waals surface area contributed by atoms with Crippen molar-refractivity contribution in [1.29, 1.82) is 0 Å². The molecule has 4 nitrogen and oxygen atoms in total. The van der Waals surface area contributed by atoms with Crippen LogP contribution in [0.2, 0.25) is 0 Å². The second-order valence-electron chi connectivity index (χ2n) is 2.98. The summed E-state index contributed by atoms with van der Waals surface area (Å²) < 4.78 is 13.4. The molecule has 0 heterocycles. The van der Waals surface area contributed by atoms with Gasteiger partial charge in [-0.2, -0.15) is 0 Å². The number of carbonyl (C=O) groups excluding carboxylic acids is 2. The quantitative estimate of drug-likeness (QED) is 0.874. The molecule has 1 rings (SSSR count). The second kappa shape index (κ2) is 5.60. The van der Waals surface area contributed by atoms with Gasteiger partial charge in [0, 0.05) is 12.6 Å². The molecular formula is C10H10BrFN2O2. The van der Waals surface area contributed by atoms with Crippen molar-refractivity contribution >= 4 is 27.7 Å². The maximum Gasteiger partial charge on any atom is 0.251 e. The van der Waals surface area contributed by atoms with Crippen LogP contribution in [0.15, 0.2) is 22.7 Å². The van der Waals surface area contributed by atoms with Crippen molar-refractivity contribution in [3.05, 3.63) is 34.1 Å². The van der Waals surface area contributed by atoms with E-state index in [-0.39, 0.29) is 22.5 Å². The molecule has 1 aromatic carbocycles. The van der Waals surface area contributed by atoms with Crippen molar-refractivity contribution in [3.63, 3.8) is 0 Å². The lowest BCUT2D eigenvalue weighted by Crippen LogP contribution is -2.35. The predicted octanol–water partition coefficient (Wildman–Crippen LogP) is 1.06. The Morgan fingerprint density at radius 3 is 2.69 bits per heavy atom. The van der Waals surface area contributed by atoms with Gasteiger partial charge in [-0.25, -0.2) is 4.39 Å². The molecule has 0 saturated carbocycles. The zero-order chi connectivity index (χ0) is 12.1. The van der Waals surface area contributed by atoms with Gasteiger partial charge in [-0.15, -0.1) is 0 Å². The van der Waals surface area contributed by atoms with Gasteiger partial charge in [-0.05, 0) is 34.1 Å². The van der Waals surface area contributed by atoms with E-state index in [2.05, 4.69) is 26.6 Å². The lowest BCUT2D eigenvalue weighted by molar-refractivity contribution is -0.119. The first-order chi connectivity index (χ1) is 7.54. The molecule has 6 heteroatoms. The number of rotatable bonds is 3. The fourth-order valence-corrected chi connectivity index (χ4v) is 1.24. The molecule has 0 saturated heterocycles. The minimum Gasteiger partial charge on any atom is -0.358 e. The highest BCUT2D eigenvalue weighted by atomic mass is 79.9. The number of hydrogen-bond acceptors (Lipinski definition) is 2. The Bertz CT molecular complexity index is 423. The highest BCUT2D eigenvalue weighted by Gasteiger charge is 2.09. The maximum atomic E-state index is 13.1. The molecule has 0 aliphatic rings. The third kappa shape index (κ3) is 3.30. The summed E-state index contributed by atoms with van der Waals surface area (Å²) in [6, 6.07) is 4.00. The van der Waals surface area contributed by atoms with Crippen molar-refractivity contribution in [1.82, 2.24) is 10.6 Å². The zero-order valence-corrected chi connectivity index (χ0v) is 10.1. The van der Waals surface area contributed by atoms with E-state index in [1.165, 1.54) is 19.2 Å². The maximum absolute atomic E-state index is 13.1. The normalized spacial score (nSPS) is 9.69. The van der Waals surface area contributed by atoms with Gasteiger partial charge in [0.2, 0.25) is 5.91 Å². The molecule has 0 radical (unpaired) electrons. The van der Waals surface area contributed by atoms with Gasteiger partial charge < -0.3 is 10.6 Å². The first-order valence-electron chi connectivity index (χ1n) is 4.48. The Hall–Kier alpha value is -1.43. The molecule has 86 valence electrons. The highest BCUT2D eigenvalue weighted by molar-refractivity contribution is 9.10. The summed E-state index contributed by atoms with van der Waals surface area (Å²) in [4.78, 5) is 22.3. The first-order valence-corrected chi connectivity index (χ1v) is 5.27. The highest BCUT2D eigenvalue weighted by Crippen LogP contribution is 2.16. The summed E-state index contributed by atoms with van der Waals surface area (Å²) in [6.07, 6.45) is 0. The lowest BCUT2D eigenvalue weighted by atomic mass is 10.2. The monoisotopic (exact) mass is 288 g/mol. The number of halogens is 2. The van der Waals surface area contributed by atoms with Crippen molar-refractivity contribution in [2.75, 3.05) is 13.6 Å². The van der Waals surface area contributed by atoms with Gasteiger partial charge in [-0.1, -0.05) is 0 Å². The van der Waals surface area contributed by atoms with Crippen LogP contribution in [0.25, 0.3) is 0 Å². The van der Waals surface area contributed by atoms with Crippen molar-refractivity contribution in [3.8, 4) is 0 Å². The standard InChI is InChI=1S/C10H10BrFN2O2/c1-13-9(15)5-14-10(16)6-2-3-7(11)8(12)4-6/h2-4H,5H2,1H3,(H,13,15)(H,14,16). The molecule has 0 aliphatic carbocycles. The van der Waals surface area contributed by atoms with Crippen LogP contribution in [0.4, 0.5) is 4.39 Å². The Kier molecular flexibility index (Phi) is 4.42. The Balaban J connectivity index is 2.66. The smallest absolute Gasteiger partial charge is 0.251 e. The third-order valence-electron chi connectivity index (χ3n) is 1.87. The number of nitrogens with one attached hydrogen (secondary N) is 2. The van der Waals surface area contributed by atoms with Crippen LogP contribution < -0.4 is 10.6 Å². The summed E-state index contributed by atoms with van der Waals surface area (Å²) in [6.45, 7) is -0.132. The largest absolute Gasteiger partial charge is 0.358 e. The van der Waals surface area contributed by atoms with E-state index in [9.17, 15) is 14.0 Å². The third-order valence-corrected chi connectivity index (χ3v) is 2.51. The average Bonchev–Trinajstić information content (AvgIpc) is 2.29. The van der Waals surface area contributed by atoms with Gasteiger partial charge in [0.15, 0.2) is 0 Å². The first kappa shape index (κ1) is 12.6. The van der Waals surface area contributed by atoms with Gasteiger partial charge in [0.1, 0.15) is 5.82 Å². The Morgan fingerprint density at radius 1 is 1.44 bits per heavy atom. The molecule has 0 aliphatic heterocycles. The van der Waals surface area contributed by atoms with Gasteiger partial charge >= 0.3 is 0 Å². The van der Waals surface area contributed by atoms with Crippen LogP contribution in [0.1, 0.15) is 10.4 Å². The summed E-state index contributed by atoms with van der Waals surface area (Å²) in [5, 5.41) is 4.72. The molecule has 0 fully saturated rings. The predicted molar refractivity (Wildman–Crippen MR) is 60.5 cm³/mol. The van der Waals surface area contributed by atoms with Crippen molar-refractivity contribution in [2.45, 2.75) is 0 Å². The van der Waals surface area contributed by atoms with Crippen LogP contribution in [0.5, 0.6) is 0 Å². The summed E-state index contributed by atoms with van der Waals surface area (Å²) >= 11 is 2.98. The Morgan fingerprint density at radius 2 is 2.12 bits per heavy atom. The number of likely N-dealkylation sites (N-methyl/N-ethyl adjacent to an activating group) is 1. The summed E-state index contributed by atoms with van der Waals surface area (Å²) in [7, 11) is 1.47.